The van der Waals surface area contributed by atoms with Gasteiger partial charge in [-0.2, -0.15) is 13.8 Å². The predicted octanol–water partition coefficient (Wildman–Crippen LogP) is 6.81. The molecule has 1 aliphatic carbocycles. The number of halogens is 4. The minimum Gasteiger partial charge on any atom is -0.207 e. The summed E-state index contributed by atoms with van der Waals surface area (Å²) in [5, 5.41) is 0. The Kier molecular flexibility index (Phi) is 6.51. The van der Waals surface area contributed by atoms with Crippen molar-refractivity contribution in [1.82, 2.24) is 4.98 Å². The fraction of sp³-hybridized carbons (Fsp3) is 0.500. The summed E-state index contributed by atoms with van der Waals surface area (Å²) in [7, 11) is 0. The number of aromatic nitrogens is 1. The first-order chi connectivity index (χ1) is 13.0. The molecule has 0 saturated heterocycles. The van der Waals surface area contributed by atoms with Gasteiger partial charge in [-0.1, -0.05) is 31.9 Å². The summed E-state index contributed by atoms with van der Waals surface area (Å²) in [5.41, 5.74) is 1.85. The Labute approximate surface area is 157 Å². The van der Waals surface area contributed by atoms with Crippen LogP contribution < -0.4 is 0 Å². The van der Waals surface area contributed by atoms with Gasteiger partial charge in [-0.05, 0) is 73.6 Å². The lowest BCUT2D eigenvalue weighted by atomic mass is 9.76. The fourth-order valence-electron chi connectivity index (χ4n) is 4.10. The van der Waals surface area contributed by atoms with Crippen LogP contribution >= 0.6 is 0 Å². The first-order valence-electron chi connectivity index (χ1n) is 9.79. The van der Waals surface area contributed by atoms with Gasteiger partial charge in [-0.25, -0.2) is 8.78 Å². The van der Waals surface area contributed by atoms with Gasteiger partial charge in [0.25, 0.3) is 5.95 Å². The summed E-state index contributed by atoms with van der Waals surface area (Å²) in [6.45, 7) is 2.14. The van der Waals surface area contributed by atoms with E-state index < -0.39 is 17.7 Å². The van der Waals surface area contributed by atoms with E-state index in [-0.39, 0.29) is 23.2 Å². The van der Waals surface area contributed by atoms with Gasteiger partial charge >= 0.3 is 0 Å². The van der Waals surface area contributed by atoms with Gasteiger partial charge < -0.3 is 0 Å². The predicted molar refractivity (Wildman–Crippen MR) is 97.7 cm³/mol. The van der Waals surface area contributed by atoms with Crippen LogP contribution in [0.3, 0.4) is 0 Å². The molecule has 2 aromatic rings. The van der Waals surface area contributed by atoms with E-state index >= 15 is 0 Å². The van der Waals surface area contributed by atoms with Crippen molar-refractivity contribution >= 4 is 0 Å². The lowest BCUT2D eigenvalue weighted by Crippen LogP contribution is -2.15. The number of unbranched alkanes of at least 4 members (excludes halogenated alkanes) is 2. The van der Waals surface area contributed by atoms with Crippen LogP contribution in [0.25, 0.3) is 0 Å². The van der Waals surface area contributed by atoms with Crippen LogP contribution in [-0.2, 0) is 6.42 Å². The van der Waals surface area contributed by atoms with Gasteiger partial charge in [0.2, 0.25) is 5.95 Å². The molecule has 0 spiro atoms. The fourth-order valence-corrected chi connectivity index (χ4v) is 4.10. The third-order valence-corrected chi connectivity index (χ3v) is 5.65. The van der Waals surface area contributed by atoms with Gasteiger partial charge in [0.05, 0.1) is 0 Å². The Bertz CT molecular complexity index is 782. The molecule has 5 heteroatoms. The van der Waals surface area contributed by atoms with E-state index in [0.29, 0.717) is 31.2 Å². The second-order valence-corrected chi connectivity index (χ2v) is 7.50. The number of hydrogen-bond acceptors (Lipinski definition) is 1. The summed E-state index contributed by atoms with van der Waals surface area (Å²) in [5.74, 6) is -3.79. The summed E-state index contributed by atoms with van der Waals surface area (Å²) < 4.78 is 54.9. The molecule has 0 N–H and O–H groups in total. The molecule has 0 aliphatic heterocycles. The summed E-state index contributed by atoms with van der Waals surface area (Å²) in [4.78, 5) is 3.01. The summed E-state index contributed by atoms with van der Waals surface area (Å²) >= 11 is 0. The zero-order chi connectivity index (χ0) is 19.4. The molecule has 1 nitrogen and oxygen atoms in total. The minimum absolute atomic E-state index is 0.0762. The molecule has 0 radical (unpaired) electrons. The van der Waals surface area contributed by atoms with Gasteiger partial charge in [0, 0.05) is 5.56 Å². The molecule has 3 rings (SSSR count). The molecular weight excluding hydrogens is 354 g/mol. The Morgan fingerprint density at radius 1 is 0.815 bits per heavy atom. The third-order valence-electron chi connectivity index (χ3n) is 5.65. The maximum Gasteiger partial charge on any atom is 0.251 e. The van der Waals surface area contributed by atoms with E-state index in [1.807, 2.05) is 12.1 Å². The first-order valence-corrected chi connectivity index (χ1v) is 9.79. The summed E-state index contributed by atoms with van der Waals surface area (Å²) in [6, 6.07) is 6.42. The molecule has 0 bridgehead atoms. The Morgan fingerprint density at radius 2 is 1.48 bits per heavy atom. The number of nitrogens with zero attached hydrogens (tertiary/aromatic N) is 1. The molecule has 1 aromatic heterocycles. The SMILES string of the molecule is CCCCCc1ccc(C2CCC(c3cc(F)c(F)nc3F)CC2)c(F)c1. The molecule has 1 fully saturated rings. The van der Waals surface area contributed by atoms with Crippen LogP contribution in [0.2, 0.25) is 0 Å². The maximum absolute atomic E-state index is 14.6. The van der Waals surface area contributed by atoms with E-state index in [4.69, 9.17) is 0 Å². The standard InChI is InChI=1S/C22H25F4N/c1-2-3-4-5-14-6-11-17(19(23)12-14)15-7-9-16(10-8-15)18-13-20(24)22(26)27-21(18)25/h6,11-13,15-16H,2-5,7-10H2,1H3. The maximum atomic E-state index is 14.6. The van der Waals surface area contributed by atoms with Crippen LogP contribution in [0.4, 0.5) is 17.6 Å². The number of hydrogen-bond donors (Lipinski definition) is 0. The van der Waals surface area contributed by atoms with Crippen LogP contribution in [0.5, 0.6) is 0 Å². The highest BCUT2D eigenvalue weighted by molar-refractivity contribution is 5.29. The number of benzene rings is 1. The van der Waals surface area contributed by atoms with Crippen molar-refractivity contribution in [2.45, 2.75) is 70.1 Å². The minimum atomic E-state index is -1.41. The van der Waals surface area contributed by atoms with E-state index in [9.17, 15) is 17.6 Å². The van der Waals surface area contributed by atoms with Gasteiger partial charge in [-0.15, -0.1) is 0 Å². The molecule has 1 saturated carbocycles. The van der Waals surface area contributed by atoms with Gasteiger partial charge in [0.1, 0.15) is 5.82 Å². The lowest BCUT2D eigenvalue weighted by Gasteiger charge is -2.29. The highest BCUT2D eigenvalue weighted by Gasteiger charge is 2.28. The topological polar surface area (TPSA) is 12.9 Å². The van der Waals surface area contributed by atoms with Crippen molar-refractivity contribution in [1.29, 1.82) is 0 Å². The highest BCUT2D eigenvalue weighted by atomic mass is 19.2. The van der Waals surface area contributed by atoms with Crippen molar-refractivity contribution in [2.75, 3.05) is 0 Å². The van der Waals surface area contributed by atoms with Crippen LogP contribution in [0, 0.1) is 23.5 Å². The van der Waals surface area contributed by atoms with Crippen molar-refractivity contribution < 1.29 is 17.6 Å². The van der Waals surface area contributed by atoms with Crippen molar-refractivity contribution in [2.24, 2.45) is 0 Å². The third kappa shape index (κ3) is 4.69. The van der Waals surface area contributed by atoms with Crippen LogP contribution in [0.15, 0.2) is 24.3 Å². The second-order valence-electron chi connectivity index (χ2n) is 7.50. The molecule has 27 heavy (non-hydrogen) atoms. The Morgan fingerprint density at radius 3 is 2.11 bits per heavy atom. The van der Waals surface area contributed by atoms with E-state index in [0.717, 1.165) is 37.3 Å². The monoisotopic (exact) mass is 379 g/mol. The quantitative estimate of drug-likeness (QED) is 0.305. The smallest absolute Gasteiger partial charge is 0.207 e. The van der Waals surface area contributed by atoms with Crippen LogP contribution in [0.1, 0.15) is 80.4 Å². The first kappa shape index (κ1) is 19.8. The van der Waals surface area contributed by atoms with Crippen LogP contribution in [-0.4, -0.2) is 4.98 Å². The normalized spacial score (nSPS) is 20.0. The molecule has 0 atom stereocenters. The largest absolute Gasteiger partial charge is 0.251 e. The van der Waals surface area contributed by atoms with Crippen molar-refractivity contribution in [3.63, 3.8) is 0 Å². The van der Waals surface area contributed by atoms with Gasteiger partial charge in [-0.3, -0.25) is 0 Å². The molecule has 146 valence electrons. The number of rotatable bonds is 6. The molecule has 1 aliphatic rings. The zero-order valence-electron chi connectivity index (χ0n) is 15.6. The number of aryl methyl sites for hydroxylation is 1. The molecule has 0 unspecified atom stereocenters. The highest BCUT2D eigenvalue weighted by Crippen LogP contribution is 2.41. The lowest BCUT2D eigenvalue weighted by molar-refractivity contribution is 0.368. The Hall–Kier alpha value is -1.91. The second kappa shape index (κ2) is 8.85. The van der Waals surface area contributed by atoms with E-state index in [2.05, 4.69) is 11.9 Å². The van der Waals surface area contributed by atoms with Crippen molar-refractivity contribution in [3.05, 3.63) is 64.5 Å². The molecule has 0 amide bonds. The average Bonchev–Trinajstić information content (AvgIpc) is 2.65. The number of pyridine rings is 1. The Balaban J connectivity index is 1.65. The average molecular weight is 379 g/mol. The van der Waals surface area contributed by atoms with Gasteiger partial charge in [0.15, 0.2) is 5.82 Å². The summed E-state index contributed by atoms with van der Waals surface area (Å²) in [6.07, 6.45) is 6.82. The van der Waals surface area contributed by atoms with E-state index in [1.54, 1.807) is 6.07 Å². The van der Waals surface area contributed by atoms with Crippen molar-refractivity contribution in [3.8, 4) is 0 Å². The molecule has 1 aromatic carbocycles. The molecular formula is C22H25F4N. The zero-order valence-corrected chi connectivity index (χ0v) is 15.6. The van der Waals surface area contributed by atoms with E-state index in [1.165, 1.54) is 0 Å². The molecule has 1 heterocycles.